The lowest BCUT2D eigenvalue weighted by molar-refractivity contribution is 0.179. The highest BCUT2D eigenvalue weighted by atomic mass is 19.1. The zero-order chi connectivity index (χ0) is 9.35. The van der Waals surface area contributed by atoms with Gasteiger partial charge in [0.15, 0.2) is 0 Å². The number of nitrogens with zero attached hydrogens (tertiary/aromatic N) is 2. The summed E-state index contributed by atoms with van der Waals surface area (Å²) >= 11 is 0. The molecule has 1 aromatic rings. The van der Waals surface area contributed by atoms with Crippen LogP contribution in [0.4, 0.5) is 10.2 Å². The molecule has 1 aromatic heterocycles. The minimum Gasteiger partial charge on any atom is -0.382 e. The maximum atomic E-state index is 13.1. The van der Waals surface area contributed by atoms with Crippen LogP contribution in [0.5, 0.6) is 0 Å². The Morgan fingerprint density at radius 1 is 1.67 bits per heavy atom. The maximum absolute atomic E-state index is 13.1. The second-order valence-corrected chi connectivity index (χ2v) is 3.61. The Labute approximate surface area is 71.4 Å². The molecule has 0 amide bonds. The van der Waals surface area contributed by atoms with Crippen LogP contribution in [0.25, 0.3) is 0 Å². The van der Waals surface area contributed by atoms with Gasteiger partial charge in [0.1, 0.15) is 11.5 Å². The van der Waals surface area contributed by atoms with Gasteiger partial charge >= 0.3 is 0 Å². The fourth-order valence-electron chi connectivity index (χ4n) is 1.00. The van der Waals surface area contributed by atoms with E-state index in [0.717, 1.165) is 5.56 Å². The first-order valence-electron chi connectivity index (χ1n) is 3.87. The molecule has 4 heteroatoms. The number of hydrogen-bond acceptors (Lipinski definition) is 2. The van der Waals surface area contributed by atoms with Gasteiger partial charge in [-0.05, 0) is 20.8 Å². The molecular formula is C8H14FN3. The van der Waals surface area contributed by atoms with Crippen molar-refractivity contribution in [3.05, 3.63) is 11.8 Å². The molecule has 0 unspecified atom stereocenters. The van der Waals surface area contributed by atoms with Gasteiger partial charge in [-0.25, -0.2) is 4.39 Å². The van der Waals surface area contributed by atoms with Gasteiger partial charge in [0.05, 0.1) is 6.54 Å². The molecule has 0 spiro atoms. The summed E-state index contributed by atoms with van der Waals surface area (Å²) in [4.78, 5) is 0. The van der Waals surface area contributed by atoms with Gasteiger partial charge in [-0.1, -0.05) is 0 Å². The number of aromatic nitrogens is 2. The van der Waals surface area contributed by atoms with Gasteiger partial charge in [0.2, 0.25) is 0 Å². The van der Waals surface area contributed by atoms with Crippen molar-refractivity contribution in [3.63, 3.8) is 0 Å². The summed E-state index contributed by atoms with van der Waals surface area (Å²) in [7, 11) is 0. The molecule has 0 bridgehead atoms. The molecule has 0 aliphatic heterocycles. The first-order valence-corrected chi connectivity index (χ1v) is 3.87. The first kappa shape index (κ1) is 9.03. The third-order valence-corrected chi connectivity index (χ3v) is 1.52. The van der Waals surface area contributed by atoms with Crippen LogP contribution in [-0.2, 0) is 6.54 Å². The highest BCUT2D eigenvalue weighted by Crippen LogP contribution is 2.13. The highest BCUT2D eigenvalue weighted by molar-refractivity contribution is 5.35. The third kappa shape index (κ3) is 2.22. The van der Waals surface area contributed by atoms with Gasteiger partial charge in [-0.15, -0.1) is 0 Å². The average Bonchev–Trinajstić information content (AvgIpc) is 2.07. The van der Waals surface area contributed by atoms with E-state index >= 15 is 0 Å². The molecule has 2 N–H and O–H groups in total. The lowest BCUT2D eigenvalue weighted by Gasteiger charge is -2.12. The zero-order valence-electron chi connectivity index (χ0n) is 7.63. The second-order valence-electron chi connectivity index (χ2n) is 3.61. The fraction of sp³-hybridized carbons (Fsp3) is 0.625. The molecule has 0 saturated heterocycles. The molecule has 0 saturated carbocycles. The minimum absolute atomic E-state index is 0.241. The monoisotopic (exact) mass is 171 g/mol. The molecule has 3 nitrogen and oxygen atoms in total. The molecule has 0 fully saturated rings. The van der Waals surface area contributed by atoms with Crippen molar-refractivity contribution < 1.29 is 4.39 Å². The van der Waals surface area contributed by atoms with Crippen molar-refractivity contribution >= 4 is 5.82 Å². The number of rotatable bonds is 2. The van der Waals surface area contributed by atoms with E-state index in [1.165, 1.54) is 18.5 Å². The Bertz CT molecular complexity index is 253. The topological polar surface area (TPSA) is 43.8 Å². The summed E-state index contributed by atoms with van der Waals surface area (Å²) in [6.07, 6.45) is 1.75. The molecule has 0 aromatic carbocycles. The summed E-state index contributed by atoms with van der Waals surface area (Å²) in [5, 5.41) is 3.95. The van der Waals surface area contributed by atoms with Crippen molar-refractivity contribution in [2.75, 3.05) is 5.73 Å². The Morgan fingerprint density at radius 3 is 2.58 bits per heavy atom. The maximum Gasteiger partial charge on any atom is 0.148 e. The third-order valence-electron chi connectivity index (χ3n) is 1.52. The van der Waals surface area contributed by atoms with Gasteiger partial charge in [0.25, 0.3) is 0 Å². The standard InChI is InChI=1S/C8H14FN3/c1-6-4-12(11-7(6)10)5-8(2,3)9/h4H,5H2,1-3H3,(H2,10,11). The number of hydrogen-bond donors (Lipinski definition) is 1. The molecule has 0 aliphatic rings. The number of nitrogens with two attached hydrogens (primary N) is 1. The summed E-state index contributed by atoms with van der Waals surface area (Å²) in [5.41, 5.74) is 5.15. The van der Waals surface area contributed by atoms with Crippen LogP contribution in [0.2, 0.25) is 0 Å². The summed E-state index contributed by atoms with van der Waals surface area (Å²) in [5.74, 6) is 0.472. The van der Waals surface area contributed by atoms with Crippen molar-refractivity contribution in [1.82, 2.24) is 9.78 Å². The van der Waals surface area contributed by atoms with Crippen LogP contribution in [0.1, 0.15) is 19.4 Å². The van der Waals surface area contributed by atoms with E-state index in [9.17, 15) is 4.39 Å². The van der Waals surface area contributed by atoms with E-state index < -0.39 is 5.67 Å². The van der Waals surface area contributed by atoms with E-state index in [4.69, 9.17) is 5.73 Å². The lowest BCUT2D eigenvalue weighted by atomic mass is 10.2. The minimum atomic E-state index is -1.25. The van der Waals surface area contributed by atoms with E-state index in [0.29, 0.717) is 5.82 Å². The molecule has 12 heavy (non-hydrogen) atoms. The van der Waals surface area contributed by atoms with Gasteiger partial charge in [-0.3, -0.25) is 4.68 Å². The van der Waals surface area contributed by atoms with Crippen LogP contribution in [0, 0.1) is 6.92 Å². The smallest absolute Gasteiger partial charge is 0.148 e. The zero-order valence-corrected chi connectivity index (χ0v) is 7.63. The van der Waals surface area contributed by atoms with Crippen molar-refractivity contribution in [3.8, 4) is 0 Å². The Morgan fingerprint density at radius 2 is 2.25 bits per heavy atom. The number of halogens is 1. The predicted molar refractivity (Wildman–Crippen MR) is 46.6 cm³/mol. The molecule has 1 heterocycles. The summed E-state index contributed by atoms with van der Waals surface area (Å²) < 4.78 is 14.6. The largest absolute Gasteiger partial charge is 0.382 e. The van der Waals surface area contributed by atoms with Crippen LogP contribution in [0.3, 0.4) is 0 Å². The normalized spacial score (nSPS) is 12.0. The molecule has 0 atom stereocenters. The van der Waals surface area contributed by atoms with Crippen molar-refractivity contribution in [2.24, 2.45) is 0 Å². The van der Waals surface area contributed by atoms with E-state index in [1.54, 1.807) is 6.20 Å². The van der Waals surface area contributed by atoms with Gasteiger partial charge in [0, 0.05) is 11.8 Å². The van der Waals surface area contributed by atoms with Crippen LogP contribution in [-0.4, -0.2) is 15.4 Å². The van der Waals surface area contributed by atoms with E-state index in [-0.39, 0.29) is 6.54 Å². The highest BCUT2D eigenvalue weighted by Gasteiger charge is 2.17. The molecule has 0 aliphatic carbocycles. The summed E-state index contributed by atoms with van der Waals surface area (Å²) in [6.45, 7) is 5.12. The quantitative estimate of drug-likeness (QED) is 0.733. The Hall–Kier alpha value is -1.06. The number of anilines is 1. The van der Waals surface area contributed by atoms with Gasteiger partial charge in [-0.2, -0.15) is 5.10 Å². The van der Waals surface area contributed by atoms with Crippen molar-refractivity contribution in [1.29, 1.82) is 0 Å². The summed E-state index contributed by atoms with van der Waals surface area (Å²) in [6, 6.07) is 0. The van der Waals surface area contributed by atoms with Crippen LogP contribution in [0.15, 0.2) is 6.20 Å². The Kier molecular flexibility index (Phi) is 2.08. The lowest BCUT2D eigenvalue weighted by Crippen LogP contribution is -2.21. The van der Waals surface area contributed by atoms with Crippen LogP contribution >= 0.6 is 0 Å². The SMILES string of the molecule is Cc1cn(CC(C)(C)F)nc1N. The van der Waals surface area contributed by atoms with Crippen LogP contribution < -0.4 is 5.73 Å². The van der Waals surface area contributed by atoms with Gasteiger partial charge < -0.3 is 5.73 Å². The number of aryl methyl sites for hydroxylation is 1. The second kappa shape index (κ2) is 2.77. The molecule has 68 valence electrons. The van der Waals surface area contributed by atoms with E-state index in [2.05, 4.69) is 5.10 Å². The Balaban J connectivity index is 2.77. The fourth-order valence-corrected chi connectivity index (χ4v) is 1.00. The molecule has 0 radical (unpaired) electrons. The van der Waals surface area contributed by atoms with E-state index in [1.807, 2.05) is 6.92 Å². The molecular weight excluding hydrogens is 157 g/mol. The average molecular weight is 171 g/mol. The first-order chi connectivity index (χ1) is 5.38. The molecule has 1 rings (SSSR count). The number of nitrogen functional groups attached to an aromatic ring is 1. The van der Waals surface area contributed by atoms with Crippen molar-refractivity contribution in [2.45, 2.75) is 33.0 Å². The number of alkyl halides is 1. The predicted octanol–water partition coefficient (Wildman–Crippen LogP) is 1.52.